The molecule has 14 heavy (non-hydrogen) atoms. The minimum absolute atomic E-state index is 0.0408. The lowest BCUT2D eigenvalue weighted by Crippen LogP contribution is -2.41. The molecular weight excluding hydrogens is 186 g/mol. The third kappa shape index (κ3) is 5.53. The number of aliphatic hydroxyl groups is 1. The van der Waals surface area contributed by atoms with Gasteiger partial charge in [0.2, 0.25) is 5.91 Å². The van der Waals surface area contributed by atoms with Gasteiger partial charge in [0.15, 0.2) is 0 Å². The van der Waals surface area contributed by atoms with Crippen LogP contribution in [-0.2, 0) is 9.59 Å². The Balaban J connectivity index is 4.02. The topological polar surface area (TPSA) is 86.6 Å². The fourth-order valence-corrected chi connectivity index (χ4v) is 1.01. The molecular formula is C9H17NO4. The first-order chi connectivity index (χ1) is 6.47. The van der Waals surface area contributed by atoms with Crippen LogP contribution in [0.1, 0.15) is 26.7 Å². The molecule has 82 valence electrons. The van der Waals surface area contributed by atoms with E-state index in [1.54, 1.807) is 0 Å². The number of carbonyl (C=O) groups excluding carboxylic acids is 1. The van der Waals surface area contributed by atoms with Crippen molar-refractivity contribution in [2.75, 3.05) is 6.61 Å². The predicted octanol–water partition coefficient (Wildman–Crippen LogP) is -0.0157. The highest BCUT2D eigenvalue weighted by atomic mass is 16.4. The van der Waals surface area contributed by atoms with Crippen molar-refractivity contribution in [2.45, 2.75) is 32.7 Å². The maximum absolute atomic E-state index is 11.2. The first-order valence-electron chi connectivity index (χ1n) is 4.60. The van der Waals surface area contributed by atoms with Gasteiger partial charge in [0.05, 0.1) is 0 Å². The summed E-state index contributed by atoms with van der Waals surface area (Å²) in [5.41, 5.74) is 0. The van der Waals surface area contributed by atoms with E-state index in [0.717, 1.165) is 0 Å². The molecule has 0 heterocycles. The molecule has 0 saturated heterocycles. The normalized spacial score (nSPS) is 12.6. The van der Waals surface area contributed by atoms with Crippen LogP contribution in [0, 0.1) is 5.92 Å². The highest BCUT2D eigenvalue weighted by molar-refractivity contribution is 5.83. The van der Waals surface area contributed by atoms with Crippen LogP contribution in [0.15, 0.2) is 0 Å². The second-order valence-electron chi connectivity index (χ2n) is 3.57. The van der Waals surface area contributed by atoms with Gasteiger partial charge < -0.3 is 15.5 Å². The van der Waals surface area contributed by atoms with Crippen molar-refractivity contribution in [1.29, 1.82) is 0 Å². The quantitative estimate of drug-likeness (QED) is 0.566. The maximum Gasteiger partial charge on any atom is 0.326 e. The molecule has 0 aromatic carbocycles. The molecule has 1 amide bonds. The lowest BCUT2D eigenvalue weighted by Gasteiger charge is -2.13. The van der Waals surface area contributed by atoms with E-state index in [1.165, 1.54) is 0 Å². The number of amides is 1. The Kier molecular flexibility index (Phi) is 5.87. The standard InChI is InChI=1S/C9H17NO4/c1-6(2)5-8(12)10-7(3-4-11)9(13)14/h6-7,11H,3-5H2,1-2H3,(H,10,12)(H,13,14)/t7-/m0/s1. The Labute approximate surface area is 83.1 Å². The van der Waals surface area contributed by atoms with Gasteiger partial charge in [-0.1, -0.05) is 13.8 Å². The van der Waals surface area contributed by atoms with Crippen LogP contribution in [0.3, 0.4) is 0 Å². The molecule has 0 aliphatic heterocycles. The highest BCUT2D eigenvalue weighted by Crippen LogP contribution is 2.00. The van der Waals surface area contributed by atoms with E-state index in [4.69, 9.17) is 10.2 Å². The van der Waals surface area contributed by atoms with E-state index in [-0.39, 0.29) is 24.9 Å². The van der Waals surface area contributed by atoms with Crippen LogP contribution in [0.5, 0.6) is 0 Å². The van der Waals surface area contributed by atoms with Gasteiger partial charge in [-0.05, 0) is 5.92 Å². The summed E-state index contributed by atoms with van der Waals surface area (Å²) in [7, 11) is 0. The Morgan fingerprint density at radius 2 is 1.93 bits per heavy atom. The molecule has 0 spiro atoms. The molecule has 5 nitrogen and oxygen atoms in total. The zero-order chi connectivity index (χ0) is 11.1. The fourth-order valence-electron chi connectivity index (χ4n) is 1.01. The van der Waals surface area contributed by atoms with E-state index in [2.05, 4.69) is 5.32 Å². The third-order valence-electron chi connectivity index (χ3n) is 1.64. The van der Waals surface area contributed by atoms with Crippen molar-refractivity contribution < 1.29 is 19.8 Å². The van der Waals surface area contributed by atoms with E-state index in [9.17, 15) is 9.59 Å². The lowest BCUT2D eigenvalue weighted by molar-refractivity contribution is -0.142. The van der Waals surface area contributed by atoms with Crippen molar-refractivity contribution >= 4 is 11.9 Å². The number of hydrogen-bond acceptors (Lipinski definition) is 3. The van der Waals surface area contributed by atoms with Crippen molar-refractivity contribution in [1.82, 2.24) is 5.32 Å². The smallest absolute Gasteiger partial charge is 0.326 e. The first-order valence-corrected chi connectivity index (χ1v) is 4.60. The average molecular weight is 203 g/mol. The zero-order valence-corrected chi connectivity index (χ0v) is 8.49. The summed E-state index contributed by atoms with van der Waals surface area (Å²) in [6.07, 6.45) is 0.342. The largest absolute Gasteiger partial charge is 0.480 e. The molecule has 0 bridgehead atoms. The number of nitrogens with one attached hydrogen (secondary N) is 1. The van der Waals surface area contributed by atoms with Crippen molar-refractivity contribution in [3.05, 3.63) is 0 Å². The fraction of sp³-hybridized carbons (Fsp3) is 0.778. The molecule has 0 radical (unpaired) electrons. The molecule has 5 heteroatoms. The lowest BCUT2D eigenvalue weighted by atomic mass is 10.1. The van der Waals surface area contributed by atoms with E-state index in [0.29, 0.717) is 6.42 Å². The monoisotopic (exact) mass is 203 g/mol. The molecule has 0 fully saturated rings. The molecule has 1 atom stereocenters. The molecule has 0 rings (SSSR count). The molecule has 0 aliphatic carbocycles. The number of carbonyl (C=O) groups is 2. The van der Waals surface area contributed by atoms with Crippen LogP contribution in [0.25, 0.3) is 0 Å². The molecule has 0 aromatic rings. The second-order valence-corrected chi connectivity index (χ2v) is 3.57. The Bertz CT molecular complexity index is 203. The van der Waals surface area contributed by atoms with Crippen LogP contribution >= 0.6 is 0 Å². The minimum Gasteiger partial charge on any atom is -0.480 e. The van der Waals surface area contributed by atoms with Crippen LogP contribution in [-0.4, -0.2) is 34.7 Å². The van der Waals surface area contributed by atoms with Crippen molar-refractivity contribution in [3.63, 3.8) is 0 Å². The number of aliphatic carboxylic acids is 1. The summed E-state index contributed by atoms with van der Waals surface area (Å²) in [5.74, 6) is -1.21. The number of aliphatic hydroxyl groups excluding tert-OH is 1. The average Bonchev–Trinajstić information content (AvgIpc) is 2.01. The van der Waals surface area contributed by atoms with Crippen LogP contribution in [0.2, 0.25) is 0 Å². The maximum atomic E-state index is 11.2. The van der Waals surface area contributed by atoms with Crippen LogP contribution < -0.4 is 5.32 Å². The molecule has 0 unspecified atom stereocenters. The van der Waals surface area contributed by atoms with Gasteiger partial charge in [-0.3, -0.25) is 4.79 Å². The van der Waals surface area contributed by atoms with Gasteiger partial charge in [0.1, 0.15) is 6.04 Å². The zero-order valence-electron chi connectivity index (χ0n) is 8.49. The molecule has 0 aromatic heterocycles. The van der Waals surface area contributed by atoms with Gasteiger partial charge in [-0.2, -0.15) is 0 Å². The summed E-state index contributed by atoms with van der Waals surface area (Å²) >= 11 is 0. The van der Waals surface area contributed by atoms with E-state index in [1.807, 2.05) is 13.8 Å². The molecule has 3 N–H and O–H groups in total. The predicted molar refractivity (Wildman–Crippen MR) is 50.7 cm³/mol. The summed E-state index contributed by atoms with van der Waals surface area (Å²) < 4.78 is 0. The molecule has 0 saturated carbocycles. The van der Waals surface area contributed by atoms with Gasteiger partial charge in [-0.15, -0.1) is 0 Å². The van der Waals surface area contributed by atoms with Crippen molar-refractivity contribution in [3.8, 4) is 0 Å². The van der Waals surface area contributed by atoms with Gasteiger partial charge >= 0.3 is 5.97 Å². The summed E-state index contributed by atoms with van der Waals surface area (Å²) in [5, 5.41) is 19.6. The number of hydrogen-bond donors (Lipinski definition) is 3. The van der Waals surface area contributed by atoms with Gasteiger partial charge in [-0.25, -0.2) is 4.79 Å². The summed E-state index contributed by atoms with van der Waals surface area (Å²) in [6, 6.07) is -0.980. The second kappa shape index (κ2) is 6.37. The minimum atomic E-state index is -1.11. The summed E-state index contributed by atoms with van der Waals surface area (Å²) in [4.78, 5) is 21.8. The SMILES string of the molecule is CC(C)CC(=O)N[C@@H](CCO)C(=O)O. The number of carboxylic acids is 1. The van der Waals surface area contributed by atoms with E-state index >= 15 is 0 Å². The van der Waals surface area contributed by atoms with Crippen LogP contribution in [0.4, 0.5) is 0 Å². The van der Waals surface area contributed by atoms with Gasteiger partial charge in [0, 0.05) is 19.4 Å². The highest BCUT2D eigenvalue weighted by Gasteiger charge is 2.19. The Morgan fingerprint density at radius 1 is 1.36 bits per heavy atom. The van der Waals surface area contributed by atoms with Gasteiger partial charge in [0.25, 0.3) is 0 Å². The number of carboxylic acid groups (broad SMARTS) is 1. The van der Waals surface area contributed by atoms with Crippen molar-refractivity contribution in [2.24, 2.45) is 5.92 Å². The first kappa shape index (κ1) is 12.9. The Hall–Kier alpha value is -1.10. The summed E-state index contributed by atoms with van der Waals surface area (Å²) in [6.45, 7) is 3.50. The molecule has 0 aliphatic rings. The number of rotatable bonds is 6. The third-order valence-corrected chi connectivity index (χ3v) is 1.64. The Morgan fingerprint density at radius 3 is 2.29 bits per heavy atom. The van der Waals surface area contributed by atoms with E-state index < -0.39 is 12.0 Å².